The summed E-state index contributed by atoms with van der Waals surface area (Å²) >= 11 is 0. The molecule has 0 saturated carbocycles. The predicted molar refractivity (Wildman–Crippen MR) is 60.2 cm³/mol. The first kappa shape index (κ1) is 12.4. The average molecular weight is 248 g/mol. The van der Waals surface area contributed by atoms with E-state index >= 15 is 0 Å². The van der Waals surface area contributed by atoms with Gasteiger partial charge in [-0.15, -0.1) is 4.20 Å². The fourth-order valence-corrected chi connectivity index (χ4v) is 4.09. The molecule has 15 heavy (non-hydrogen) atoms. The van der Waals surface area contributed by atoms with E-state index in [2.05, 4.69) is 4.52 Å². The van der Waals surface area contributed by atoms with Crippen LogP contribution in [0.5, 0.6) is 5.75 Å². The Morgan fingerprint density at radius 1 is 1.20 bits per heavy atom. The summed E-state index contributed by atoms with van der Waals surface area (Å²) in [6.45, 7) is 5.23. The molecule has 3 nitrogen and oxygen atoms in total. The van der Waals surface area contributed by atoms with Crippen molar-refractivity contribution < 1.29 is 17.5 Å². The van der Waals surface area contributed by atoms with E-state index in [0.29, 0.717) is 0 Å². The van der Waals surface area contributed by atoms with E-state index in [0.717, 1.165) is 0 Å². The fourth-order valence-electron chi connectivity index (χ4n) is 0.953. The molecule has 84 valence electrons. The molecule has 1 aromatic carbocycles. The molecule has 0 spiro atoms. The summed E-state index contributed by atoms with van der Waals surface area (Å²) in [6, 6.07) is 8.16. The molecule has 0 aliphatic carbocycles. The monoisotopic (exact) mass is 248 g/mol. The number of para-hydroxylation sites is 1. The first-order valence-corrected chi connectivity index (χ1v) is 9.38. The molecule has 0 aromatic heterocycles. The first-order chi connectivity index (χ1) is 6.79. The first-order valence-electron chi connectivity index (χ1n) is 4.54. The molecule has 6 heteroatoms. The highest BCUT2D eigenvalue weighted by molar-refractivity contribution is 7.50. The number of benzene rings is 1. The molecule has 0 fully saturated rings. The van der Waals surface area contributed by atoms with Crippen LogP contribution in [0.1, 0.15) is 0 Å². The largest absolute Gasteiger partial charge is 0.559 e. The van der Waals surface area contributed by atoms with Gasteiger partial charge in [0, 0.05) is 0 Å². The van der Waals surface area contributed by atoms with Crippen molar-refractivity contribution in [2.45, 2.75) is 19.6 Å². The van der Waals surface area contributed by atoms with Crippen molar-refractivity contribution in [3.05, 3.63) is 30.3 Å². The van der Waals surface area contributed by atoms with E-state index in [-0.39, 0.29) is 5.75 Å². The zero-order valence-corrected chi connectivity index (χ0v) is 10.8. The van der Waals surface area contributed by atoms with E-state index in [4.69, 9.17) is 4.21 Å². The molecule has 0 saturated heterocycles. The predicted octanol–water partition coefficient (Wildman–Crippen LogP) is 3.99. The Hall–Kier alpha value is -0.643. The van der Waals surface area contributed by atoms with Crippen LogP contribution in [0, 0.1) is 0 Å². The van der Waals surface area contributed by atoms with Crippen LogP contribution in [0.3, 0.4) is 0 Å². The summed E-state index contributed by atoms with van der Waals surface area (Å²) in [5, 5.41) is 0. The van der Waals surface area contributed by atoms with Gasteiger partial charge in [-0.1, -0.05) is 18.2 Å². The maximum Gasteiger partial charge on any atom is 0.559 e. The SMILES string of the molecule is C[Si](C)(C)OP(=O)(F)Oc1ccccc1. The van der Waals surface area contributed by atoms with Crippen molar-refractivity contribution in [3.63, 3.8) is 0 Å². The van der Waals surface area contributed by atoms with Crippen LogP contribution in [0.25, 0.3) is 0 Å². The van der Waals surface area contributed by atoms with E-state index < -0.39 is 16.2 Å². The van der Waals surface area contributed by atoms with Gasteiger partial charge in [0.1, 0.15) is 5.75 Å². The lowest BCUT2D eigenvalue weighted by Crippen LogP contribution is -2.23. The third-order valence-corrected chi connectivity index (χ3v) is 4.83. The summed E-state index contributed by atoms with van der Waals surface area (Å²) < 4.78 is 34.3. The Balaban J connectivity index is 2.69. The minimum Gasteiger partial charge on any atom is -0.402 e. The van der Waals surface area contributed by atoms with Crippen molar-refractivity contribution in [1.82, 2.24) is 0 Å². The molecular formula is C9H14FO3PSi. The van der Waals surface area contributed by atoms with Crippen molar-refractivity contribution in [3.8, 4) is 5.75 Å². The molecule has 1 atom stereocenters. The highest BCUT2D eigenvalue weighted by atomic mass is 31.2. The Labute approximate surface area is 90.0 Å². The van der Waals surface area contributed by atoms with E-state index in [1.165, 1.54) is 12.1 Å². The van der Waals surface area contributed by atoms with Crippen molar-refractivity contribution in [1.29, 1.82) is 0 Å². The highest BCUT2D eigenvalue weighted by Gasteiger charge is 2.33. The molecule has 0 N–H and O–H groups in total. The van der Waals surface area contributed by atoms with Crippen LogP contribution in [-0.2, 0) is 8.78 Å². The van der Waals surface area contributed by atoms with Crippen LogP contribution < -0.4 is 4.52 Å². The normalized spacial score (nSPS) is 15.7. The molecule has 1 aromatic rings. The Kier molecular flexibility index (Phi) is 3.70. The highest BCUT2D eigenvalue weighted by Crippen LogP contribution is 2.51. The maximum absolute atomic E-state index is 13.4. The number of rotatable bonds is 4. The summed E-state index contributed by atoms with van der Waals surface area (Å²) in [5.41, 5.74) is 0. The second-order valence-corrected chi connectivity index (χ2v) is 10.0. The lowest BCUT2D eigenvalue weighted by Gasteiger charge is -2.19. The van der Waals surface area contributed by atoms with Crippen LogP contribution >= 0.6 is 7.91 Å². The quantitative estimate of drug-likeness (QED) is 0.597. The molecule has 0 aliphatic rings. The molecule has 0 aliphatic heterocycles. The lowest BCUT2D eigenvalue weighted by atomic mass is 10.3. The Bertz CT molecular complexity index is 363. The zero-order valence-electron chi connectivity index (χ0n) is 8.94. The molecule has 0 heterocycles. The third kappa shape index (κ3) is 5.11. The molecular weight excluding hydrogens is 234 g/mol. The summed E-state index contributed by atoms with van der Waals surface area (Å²) in [6.07, 6.45) is 0. The van der Waals surface area contributed by atoms with Gasteiger partial charge >= 0.3 is 7.91 Å². The fraction of sp³-hybridized carbons (Fsp3) is 0.333. The van der Waals surface area contributed by atoms with Gasteiger partial charge in [0.2, 0.25) is 0 Å². The molecule has 0 amide bonds. The van der Waals surface area contributed by atoms with Crippen molar-refractivity contribution in [2.75, 3.05) is 0 Å². The van der Waals surface area contributed by atoms with Gasteiger partial charge in [0.15, 0.2) is 8.32 Å². The smallest absolute Gasteiger partial charge is 0.402 e. The van der Waals surface area contributed by atoms with E-state index in [1.54, 1.807) is 37.8 Å². The van der Waals surface area contributed by atoms with Gasteiger partial charge in [-0.05, 0) is 31.8 Å². The minimum absolute atomic E-state index is 0.210. The van der Waals surface area contributed by atoms with Gasteiger partial charge in [-0.25, -0.2) is 4.57 Å². The standard InChI is InChI=1S/C9H14FO3PSi/c1-15(2,3)13-14(10,11)12-9-7-5-4-6-8-9/h4-8H,1-3H3. The van der Waals surface area contributed by atoms with Crippen molar-refractivity contribution >= 4 is 16.2 Å². The topological polar surface area (TPSA) is 35.5 Å². The van der Waals surface area contributed by atoms with E-state index in [9.17, 15) is 8.76 Å². The molecule has 1 rings (SSSR count). The number of hydrogen-bond acceptors (Lipinski definition) is 3. The van der Waals surface area contributed by atoms with Gasteiger partial charge in [-0.3, -0.25) is 0 Å². The molecule has 0 radical (unpaired) electrons. The van der Waals surface area contributed by atoms with Gasteiger partial charge in [0.05, 0.1) is 0 Å². The van der Waals surface area contributed by atoms with Gasteiger partial charge < -0.3 is 8.74 Å². The van der Waals surface area contributed by atoms with Crippen LogP contribution in [0.2, 0.25) is 19.6 Å². The summed E-state index contributed by atoms with van der Waals surface area (Å²) in [4.78, 5) is 0. The zero-order chi connectivity index (χ0) is 11.5. The Morgan fingerprint density at radius 3 is 2.20 bits per heavy atom. The second-order valence-electron chi connectivity index (χ2n) is 4.04. The minimum atomic E-state index is -4.47. The lowest BCUT2D eigenvalue weighted by molar-refractivity contribution is 0.336. The average Bonchev–Trinajstić information content (AvgIpc) is 1.99. The third-order valence-electron chi connectivity index (χ3n) is 1.34. The number of halogens is 1. The maximum atomic E-state index is 13.4. The van der Waals surface area contributed by atoms with Crippen molar-refractivity contribution in [2.24, 2.45) is 0 Å². The van der Waals surface area contributed by atoms with Gasteiger partial charge in [0.25, 0.3) is 0 Å². The van der Waals surface area contributed by atoms with Crippen LogP contribution in [-0.4, -0.2) is 8.32 Å². The second kappa shape index (κ2) is 4.47. The summed E-state index contributed by atoms with van der Waals surface area (Å²) in [7, 11) is -6.68. The van der Waals surface area contributed by atoms with Gasteiger partial charge in [-0.2, -0.15) is 0 Å². The van der Waals surface area contributed by atoms with E-state index in [1.807, 2.05) is 0 Å². The summed E-state index contributed by atoms with van der Waals surface area (Å²) in [5.74, 6) is 0.210. The Morgan fingerprint density at radius 2 is 1.73 bits per heavy atom. The molecule has 0 bridgehead atoms. The van der Waals surface area contributed by atoms with Crippen LogP contribution in [0.4, 0.5) is 4.20 Å². The molecule has 1 unspecified atom stereocenters. The van der Waals surface area contributed by atoms with Crippen LogP contribution in [0.15, 0.2) is 30.3 Å². The number of hydrogen-bond donors (Lipinski definition) is 0.